The van der Waals surface area contributed by atoms with E-state index in [9.17, 15) is 0 Å². The molecule has 0 amide bonds. The van der Waals surface area contributed by atoms with Crippen molar-refractivity contribution in [2.75, 3.05) is 14.2 Å². The van der Waals surface area contributed by atoms with E-state index in [4.69, 9.17) is 37.8 Å². The molecule has 3 aromatic carbocycles. The topological polar surface area (TPSA) is 36.3 Å². The van der Waals surface area contributed by atoms with Crippen molar-refractivity contribution in [2.24, 2.45) is 0 Å². The molecule has 0 bridgehead atoms. The number of benzene rings is 3. The number of rotatable bonds is 7. The normalized spacial score (nSPS) is 10.9. The molecule has 0 radical (unpaired) electrons. The molecule has 0 saturated heterocycles. The summed E-state index contributed by atoms with van der Waals surface area (Å²) in [6.07, 6.45) is 0.813. The van der Waals surface area contributed by atoms with Crippen LogP contribution in [-0.2, 0) is 13.0 Å². The van der Waals surface area contributed by atoms with E-state index in [-0.39, 0.29) is 0 Å². The second-order valence-corrected chi connectivity index (χ2v) is 8.23. The van der Waals surface area contributed by atoms with Crippen LogP contribution in [0.3, 0.4) is 0 Å². The molecule has 4 rings (SSSR count). The molecule has 0 spiro atoms. The summed E-state index contributed by atoms with van der Waals surface area (Å²) in [6.45, 7) is 2.66. The highest BCUT2D eigenvalue weighted by molar-refractivity contribution is 6.35. The lowest BCUT2D eigenvalue weighted by molar-refractivity contribution is 0.415. The number of halogens is 2. The van der Waals surface area contributed by atoms with Crippen LogP contribution >= 0.6 is 23.2 Å². The molecule has 0 unspecified atom stereocenters. The zero-order chi connectivity index (χ0) is 22.7. The lowest BCUT2D eigenvalue weighted by Gasteiger charge is -2.12. The second kappa shape index (κ2) is 9.68. The van der Waals surface area contributed by atoms with Crippen molar-refractivity contribution in [2.45, 2.75) is 19.9 Å². The van der Waals surface area contributed by atoms with Crippen LogP contribution in [-0.4, -0.2) is 24.0 Å². The minimum Gasteiger partial charge on any atom is -0.497 e. The maximum absolute atomic E-state index is 6.50. The lowest BCUT2D eigenvalue weighted by Crippen LogP contribution is -2.05. The predicted molar refractivity (Wildman–Crippen MR) is 131 cm³/mol. The van der Waals surface area contributed by atoms with Gasteiger partial charge in [-0.25, -0.2) is 0 Å². The van der Waals surface area contributed by atoms with Crippen LogP contribution in [0.5, 0.6) is 11.5 Å². The first-order chi connectivity index (χ1) is 15.5. The fourth-order valence-corrected chi connectivity index (χ4v) is 4.32. The van der Waals surface area contributed by atoms with Crippen LogP contribution in [0.1, 0.15) is 18.1 Å². The van der Waals surface area contributed by atoms with Crippen molar-refractivity contribution in [1.29, 1.82) is 0 Å². The summed E-state index contributed by atoms with van der Waals surface area (Å²) in [7, 11) is 3.34. The van der Waals surface area contributed by atoms with Crippen LogP contribution < -0.4 is 9.47 Å². The molecule has 4 aromatic rings. The van der Waals surface area contributed by atoms with Gasteiger partial charge in [-0.1, -0.05) is 60.5 Å². The Kier molecular flexibility index (Phi) is 6.73. The average Bonchev–Trinajstić information content (AvgIpc) is 3.19. The third-order valence-electron chi connectivity index (χ3n) is 5.43. The van der Waals surface area contributed by atoms with E-state index < -0.39 is 0 Å². The third-order valence-corrected chi connectivity index (χ3v) is 6.01. The minimum absolute atomic E-state index is 0.513. The molecule has 0 aliphatic rings. The molecule has 164 valence electrons. The summed E-state index contributed by atoms with van der Waals surface area (Å²) in [6, 6.07) is 21.6. The maximum atomic E-state index is 6.50. The number of methoxy groups -OCH3 is 2. The van der Waals surface area contributed by atoms with Gasteiger partial charge in [-0.2, -0.15) is 5.10 Å². The van der Waals surface area contributed by atoms with Crippen molar-refractivity contribution in [1.82, 2.24) is 9.78 Å². The Bertz CT molecular complexity index is 1250. The van der Waals surface area contributed by atoms with Gasteiger partial charge in [0.25, 0.3) is 0 Å². The molecule has 0 saturated carbocycles. The second-order valence-electron chi connectivity index (χ2n) is 7.39. The Morgan fingerprint density at radius 1 is 0.844 bits per heavy atom. The fraction of sp³-hybridized carbons (Fsp3) is 0.192. The molecule has 4 nitrogen and oxygen atoms in total. The Morgan fingerprint density at radius 2 is 1.50 bits per heavy atom. The van der Waals surface area contributed by atoms with E-state index in [1.165, 1.54) is 0 Å². The molecule has 1 heterocycles. The standard InChI is InChI=1S/C26H24Cl2N2O2/c1-4-23-25(17-7-5-9-21(13-17)31-2)29-30(16-19-11-12-20(27)15-24(19)28)26(23)18-8-6-10-22(14-18)32-3/h5-15H,4,16H2,1-3H3. The Balaban J connectivity index is 1.92. The highest BCUT2D eigenvalue weighted by atomic mass is 35.5. The van der Waals surface area contributed by atoms with Gasteiger partial charge in [0.2, 0.25) is 0 Å². The van der Waals surface area contributed by atoms with Gasteiger partial charge in [0.15, 0.2) is 0 Å². The van der Waals surface area contributed by atoms with E-state index >= 15 is 0 Å². The summed E-state index contributed by atoms with van der Waals surface area (Å²) in [4.78, 5) is 0. The van der Waals surface area contributed by atoms with Crippen LogP contribution in [0.15, 0.2) is 66.7 Å². The van der Waals surface area contributed by atoms with Crippen LogP contribution in [0.25, 0.3) is 22.5 Å². The van der Waals surface area contributed by atoms with E-state index in [1.807, 2.05) is 53.2 Å². The van der Waals surface area contributed by atoms with E-state index in [2.05, 4.69) is 19.1 Å². The van der Waals surface area contributed by atoms with Gasteiger partial charge in [-0.05, 0) is 48.4 Å². The van der Waals surface area contributed by atoms with Gasteiger partial charge in [0.1, 0.15) is 11.5 Å². The Morgan fingerprint density at radius 3 is 2.12 bits per heavy atom. The molecular formula is C26H24Cl2N2O2. The number of nitrogens with zero attached hydrogens (tertiary/aromatic N) is 2. The Hall–Kier alpha value is -2.95. The molecule has 0 aliphatic heterocycles. The van der Waals surface area contributed by atoms with Crippen molar-refractivity contribution < 1.29 is 9.47 Å². The third kappa shape index (κ3) is 4.47. The average molecular weight is 467 g/mol. The number of hydrogen-bond acceptors (Lipinski definition) is 3. The van der Waals surface area contributed by atoms with Crippen LogP contribution in [0, 0.1) is 0 Å². The van der Waals surface area contributed by atoms with E-state index in [0.29, 0.717) is 16.6 Å². The van der Waals surface area contributed by atoms with Crippen LogP contribution in [0.4, 0.5) is 0 Å². The monoisotopic (exact) mass is 466 g/mol. The number of hydrogen-bond donors (Lipinski definition) is 0. The first-order valence-corrected chi connectivity index (χ1v) is 11.1. The van der Waals surface area contributed by atoms with Gasteiger partial charge in [-0.15, -0.1) is 0 Å². The zero-order valence-electron chi connectivity index (χ0n) is 18.2. The number of aromatic nitrogens is 2. The molecular weight excluding hydrogens is 443 g/mol. The lowest BCUT2D eigenvalue weighted by atomic mass is 9.99. The predicted octanol–water partition coefficient (Wildman–Crippen LogP) is 7.15. The fourth-order valence-electron chi connectivity index (χ4n) is 3.86. The first kappa shape index (κ1) is 22.3. The van der Waals surface area contributed by atoms with Crippen molar-refractivity contribution in [3.8, 4) is 34.0 Å². The molecule has 32 heavy (non-hydrogen) atoms. The highest BCUT2D eigenvalue weighted by Gasteiger charge is 2.21. The molecule has 0 atom stereocenters. The summed E-state index contributed by atoms with van der Waals surface area (Å²) >= 11 is 12.6. The van der Waals surface area contributed by atoms with Gasteiger partial charge >= 0.3 is 0 Å². The summed E-state index contributed by atoms with van der Waals surface area (Å²) in [5.74, 6) is 1.59. The van der Waals surface area contributed by atoms with E-state index in [1.54, 1.807) is 20.3 Å². The molecule has 6 heteroatoms. The van der Waals surface area contributed by atoms with Crippen molar-refractivity contribution >= 4 is 23.2 Å². The first-order valence-electron chi connectivity index (χ1n) is 10.4. The van der Waals surface area contributed by atoms with Gasteiger partial charge in [-0.3, -0.25) is 4.68 Å². The summed E-state index contributed by atoms with van der Waals surface area (Å²) in [5.41, 5.74) is 6.10. The maximum Gasteiger partial charge on any atom is 0.119 e. The molecule has 0 aliphatic carbocycles. The Labute approximate surface area is 198 Å². The highest BCUT2D eigenvalue weighted by Crippen LogP contribution is 2.36. The SMILES string of the molecule is CCc1c(-c2cccc(OC)c2)nn(Cc2ccc(Cl)cc2Cl)c1-c1cccc(OC)c1. The van der Waals surface area contributed by atoms with Crippen molar-refractivity contribution in [3.63, 3.8) is 0 Å². The molecule has 1 aromatic heterocycles. The summed E-state index contributed by atoms with van der Waals surface area (Å²) in [5, 5.41) is 6.27. The smallest absolute Gasteiger partial charge is 0.119 e. The van der Waals surface area contributed by atoms with Crippen LogP contribution in [0.2, 0.25) is 10.0 Å². The quantitative estimate of drug-likeness (QED) is 0.290. The largest absolute Gasteiger partial charge is 0.497 e. The van der Waals surface area contributed by atoms with E-state index in [0.717, 1.165) is 51.6 Å². The number of ether oxygens (including phenoxy) is 2. The molecule has 0 fully saturated rings. The summed E-state index contributed by atoms with van der Waals surface area (Å²) < 4.78 is 12.9. The van der Waals surface area contributed by atoms with Gasteiger partial charge in [0, 0.05) is 26.7 Å². The zero-order valence-corrected chi connectivity index (χ0v) is 19.7. The molecule has 0 N–H and O–H groups in total. The minimum atomic E-state index is 0.513. The van der Waals surface area contributed by atoms with Crippen molar-refractivity contribution in [3.05, 3.63) is 87.9 Å². The van der Waals surface area contributed by atoms with Gasteiger partial charge in [0.05, 0.1) is 32.2 Å². The van der Waals surface area contributed by atoms with Gasteiger partial charge < -0.3 is 9.47 Å².